The highest BCUT2D eigenvalue weighted by atomic mass is 16.5. The summed E-state index contributed by atoms with van der Waals surface area (Å²) < 4.78 is 10.6. The molecule has 0 saturated carbocycles. The number of hydrogen-bond acceptors (Lipinski definition) is 3. The van der Waals surface area contributed by atoms with E-state index in [2.05, 4.69) is 31.3 Å². The summed E-state index contributed by atoms with van der Waals surface area (Å²) in [6.45, 7) is 5.32. The molecule has 3 nitrogen and oxygen atoms in total. The number of nitrogens with one attached hydrogen (secondary N) is 1. The van der Waals surface area contributed by atoms with E-state index in [-0.39, 0.29) is 0 Å². The van der Waals surface area contributed by atoms with Crippen LogP contribution in [-0.4, -0.2) is 20.8 Å². The van der Waals surface area contributed by atoms with E-state index in [1.165, 1.54) is 18.4 Å². The third kappa shape index (κ3) is 4.22. The van der Waals surface area contributed by atoms with Crippen LogP contribution in [-0.2, 0) is 0 Å². The second-order valence-corrected chi connectivity index (χ2v) is 4.40. The molecule has 0 aliphatic carbocycles. The van der Waals surface area contributed by atoms with Gasteiger partial charge < -0.3 is 14.8 Å². The van der Waals surface area contributed by atoms with Crippen molar-refractivity contribution in [2.75, 3.05) is 20.8 Å². The van der Waals surface area contributed by atoms with Gasteiger partial charge in [-0.05, 0) is 30.7 Å². The molecule has 18 heavy (non-hydrogen) atoms. The SMILES string of the molecule is CCCCC(NCC)c1cc(OC)cc(OC)c1. The van der Waals surface area contributed by atoms with Crippen molar-refractivity contribution in [1.82, 2.24) is 5.32 Å². The molecule has 0 aliphatic rings. The quantitative estimate of drug-likeness (QED) is 0.766. The van der Waals surface area contributed by atoms with Crippen molar-refractivity contribution in [1.29, 1.82) is 0 Å². The molecule has 0 fully saturated rings. The van der Waals surface area contributed by atoms with Gasteiger partial charge in [0.05, 0.1) is 14.2 Å². The van der Waals surface area contributed by atoms with Crippen LogP contribution in [0, 0.1) is 0 Å². The smallest absolute Gasteiger partial charge is 0.122 e. The van der Waals surface area contributed by atoms with Crippen LogP contribution in [0.4, 0.5) is 0 Å². The first-order chi connectivity index (χ1) is 8.74. The van der Waals surface area contributed by atoms with E-state index in [0.717, 1.165) is 24.5 Å². The Balaban J connectivity index is 2.93. The summed E-state index contributed by atoms with van der Waals surface area (Å²) in [6.07, 6.45) is 3.57. The van der Waals surface area contributed by atoms with E-state index >= 15 is 0 Å². The Hall–Kier alpha value is -1.22. The van der Waals surface area contributed by atoms with Crippen molar-refractivity contribution in [2.24, 2.45) is 0 Å². The van der Waals surface area contributed by atoms with Gasteiger partial charge in [0.15, 0.2) is 0 Å². The lowest BCUT2D eigenvalue weighted by molar-refractivity contribution is 0.390. The molecule has 0 spiro atoms. The van der Waals surface area contributed by atoms with Crippen LogP contribution in [0.5, 0.6) is 11.5 Å². The van der Waals surface area contributed by atoms with Crippen LogP contribution in [0.15, 0.2) is 18.2 Å². The average Bonchev–Trinajstić information content (AvgIpc) is 2.42. The topological polar surface area (TPSA) is 30.5 Å². The molecule has 1 aromatic carbocycles. The standard InChI is InChI=1S/C15H25NO2/c1-5-7-8-15(16-6-2)12-9-13(17-3)11-14(10-12)18-4/h9-11,15-16H,5-8H2,1-4H3. The van der Waals surface area contributed by atoms with Crippen molar-refractivity contribution in [2.45, 2.75) is 39.2 Å². The van der Waals surface area contributed by atoms with E-state index in [4.69, 9.17) is 9.47 Å². The summed E-state index contributed by atoms with van der Waals surface area (Å²) >= 11 is 0. The fraction of sp³-hybridized carbons (Fsp3) is 0.600. The monoisotopic (exact) mass is 251 g/mol. The highest BCUT2D eigenvalue weighted by Gasteiger charge is 2.12. The maximum absolute atomic E-state index is 5.32. The molecule has 0 saturated heterocycles. The van der Waals surface area contributed by atoms with Gasteiger partial charge in [-0.3, -0.25) is 0 Å². The number of rotatable bonds is 8. The molecule has 1 atom stereocenters. The minimum Gasteiger partial charge on any atom is -0.497 e. The van der Waals surface area contributed by atoms with Gasteiger partial charge in [0, 0.05) is 12.1 Å². The predicted molar refractivity (Wildman–Crippen MR) is 75.5 cm³/mol. The number of unbranched alkanes of at least 4 members (excludes halogenated alkanes) is 1. The number of benzene rings is 1. The molecule has 1 unspecified atom stereocenters. The molecule has 0 bridgehead atoms. The highest BCUT2D eigenvalue weighted by Crippen LogP contribution is 2.28. The third-order valence-corrected chi connectivity index (χ3v) is 3.07. The minimum absolute atomic E-state index is 0.374. The molecular weight excluding hydrogens is 226 g/mol. The Kier molecular flexibility index (Phi) is 6.58. The van der Waals surface area contributed by atoms with Crippen LogP contribution < -0.4 is 14.8 Å². The lowest BCUT2D eigenvalue weighted by Crippen LogP contribution is -2.20. The van der Waals surface area contributed by atoms with Gasteiger partial charge in [0.25, 0.3) is 0 Å². The Morgan fingerprint density at radius 2 is 1.67 bits per heavy atom. The summed E-state index contributed by atoms with van der Waals surface area (Å²) in [7, 11) is 3.37. The average molecular weight is 251 g/mol. The maximum atomic E-state index is 5.32. The summed E-state index contributed by atoms with van der Waals surface area (Å²) in [6, 6.07) is 6.46. The van der Waals surface area contributed by atoms with Crippen LogP contribution in [0.25, 0.3) is 0 Å². The zero-order valence-corrected chi connectivity index (χ0v) is 12.0. The zero-order valence-electron chi connectivity index (χ0n) is 12.0. The highest BCUT2D eigenvalue weighted by molar-refractivity contribution is 5.39. The molecule has 1 aromatic rings. The number of methoxy groups -OCH3 is 2. The first-order valence-electron chi connectivity index (χ1n) is 6.71. The van der Waals surface area contributed by atoms with Crippen molar-refractivity contribution < 1.29 is 9.47 Å². The summed E-state index contributed by atoms with van der Waals surface area (Å²) in [5.41, 5.74) is 1.24. The zero-order chi connectivity index (χ0) is 13.4. The molecule has 0 heterocycles. The first kappa shape index (κ1) is 14.8. The van der Waals surface area contributed by atoms with Gasteiger partial charge in [-0.15, -0.1) is 0 Å². The van der Waals surface area contributed by atoms with Gasteiger partial charge in [0.2, 0.25) is 0 Å². The largest absolute Gasteiger partial charge is 0.497 e. The summed E-state index contributed by atoms with van der Waals surface area (Å²) in [5.74, 6) is 1.70. The molecule has 1 rings (SSSR count). The van der Waals surface area contributed by atoms with Gasteiger partial charge in [-0.1, -0.05) is 26.7 Å². The van der Waals surface area contributed by atoms with Crippen LogP contribution in [0.1, 0.15) is 44.7 Å². The van der Waals surface area contributed by atoms with E-state index in [1.807, 2.05) is 6.07 Å². The van der Waals surface area contributed by atoms with E-state index < -0.39 is 0 Å². The van der Waals surface area contributed by atoms with Gasteiger partial charge in [-0.2, -0.15) is 0 Å². The molecule has 3 heteroatoms. The second-order valence-electron chi connectivity index (χ2n) is 4.40. The van der Waals surface area contributed by atoms with Crippen molar-refractivity contribution >= 4 is 0 Å². The van der Waals surface area contributed by atoms with Crippen molar-refractivity contribution in [3.05, 3.63) is 23.8 Å². The second kappa shape index (κ2) is 7.98. The van der Waals surface area contributed by atoms with E-state index in [0.29, 0.717) is 6.04 Å². The fourth-order valence-electron chi connectivity index (χ4n) is 2.07. The Morgan fingerprint density at radius 3 is 2.11 bits per heavy atom. The third-order valence-electron chi connectivity index (χ3n) is 3.07. The Labute approximate surface area is 110 Å². The number of hydrogen-bond donors (Lipinski definition) is 1. The normalized spacial score (nSPS) is 12.2. The van der Waals surface area contributed by atoms with E-state index in [9.17, 15) is 0 Å². The lowest BCUT2D eigenvalue weighted by Gasteiger charge is -2.19. The molecule has 1 N–H and O–H groups in total. The summed E-state index contributed by atoms with van der Waals surface area (Å²) in [5, 5.41) is 3.53. The van der Waals surface area contributed by atoms with Gasteiger partial charge >= 0.3 is 0 Å². The van der Waals surface area contributed by atoms with Crippen LogP contribution in [0.2, 0.25) is 0 Å². The minimum atomic E-state index is 0.374. The summed E-state index contributed by atoms with van der Waals surface area (Å²) in [4.78, 5) is 0. The fourth-order valence-corrected chi connectivity index (χ4v) is 2.07. The molecule has 0 aromatic heterocycles. The first-order valence-corrected chi connectivity index (χ1v) is 6.71. The lowest BCUT2D eigenvalue weighted by atomic mass is 10.0. The van der Waals surface area contributed by atoms with Crippen LogP contribution >= 0.6 is 0 Å². The Bertz CT molecular complexity index is 330. The molecule has 0 aliphatic heterocycles. The van der Waals surface area contributed by atoms with Crippen molar-refractivity contribution in [3.8, 4) is 11.5 Å². The van der Waals surface area contributed by atoms with Gasteiger partial charge in [-0.25, -0.2) is 0 Å². The van der Waals surface area contributed by atoms with Crippen LogP contribution in [0.3, 0.4) is 0 Å². The molecule has 0 radical (unpaired) electrons. The maximum Gasteiger partial charge on any atom is 0.122 e. The van der Waals surface area contributed by atoms with E-state index in [1.54, 1.807) is 14.2 Å². The molecule has 102 valence electrons. The molecule has 0 amide bonds. The van der Waals surface area contributed by atoms with Crippen molar-refractivity contribution in [3.63, 3.8) is 0 Å². The molecular formula is C15H25NO2. The number of ether oxygens (including phenoxy) is 2. The predicted octanol–water partition coefficient (Wildman–Crippen LogP) is 3.54. The van der Waals surface area contributed by atoms with Gasteiger partial charge in [0.1, 0.15) is 11.5 Å². The Morgan fingerprint density at radius 1 is 1.06 bits per heavy atom.